The average Bonchev–Trinajstić information content (AvgIpc) is 2.52. The first-order valence-corrected chi connectivity index (χ1v) is 5.91. The molecule has 0 aromatic carbocycles. The molecule has 0 radical (unpaired) electrons. The van der Waals surface area contributed by atoms with Crippen molar-refractivity contribution in [2.45, 2.75) is 39.2 Å². The Balaban J connectivity index is 1.99. The maximum Gasteiger partial charge on any atom is 0.243 e. The number of nitrogens with zero attached hydrogens (tertiary/aromatic N) is 3. The van der Waals surface area contributed by atoms with Crippen molar-refractivity contribution in [1.29, 1.82) is 0 Å². The summed E-state index contributed by atoms with van der Waals surface area (Å²) in [5, 5.41) is 14.9. The second-order valence-corrected chi connectivity index (χ2v) is 4.35. The lowest BCUT2D eigenvalue weighted by Gasteiger charge is -2.16. The third kappa shape index (κ3) is 2.88. The minimum absolute atomic E-state index is 0.423. The highest BCUT2D eigenvalue weighted by molar-refractivity contribution is 5.26. The van der Waals surface area contributed by atoms with Gasteiger partial charge < -0.3 is 10.6 Å². The van der Waals surface area contributed by atoms with Crippen LogP contribution in [-0.2, 0) is 0 Å². The van der Waals surface area contributed by atoms with E-state index in [1.165, 1.54) is 19.3 Å². The highest BCUT2D eigenvalue weighted by atomic mass is 15.2. The summed E-state index contributed by atoms with van der Waals surface area (Å²) < 4.78 is 0. The van der Waals surface area contributed by atoms with Crippen LogP contribution in [0.5, 0.6) is 0 Å². The van der Waals surface area contributed by atoms with E-state index in [0.29, 0.717) is 12.0 Å². The Hall–Kier alpha value is -1.23. The smallest absolute Gasteiger partial charge is 0.243 e. The van der Waals surface area contributed by atoms with E-state index >= 15 is 0 Å². The molecule has 2 N–H and O–H groups in total. The van der Waals surface area contributed by atoms with Gasteiger partial charge in [-0.15, -0.1) is 5.10 Å². The van der Waals surface area contributed by atoms with E-state index in [4.69, 9.17) is 0 Å². The number of nitrogens with one attached hydrogen (secondary N) is 2. The summed E-state index contributed by atoms with van der Waals surface area (Å²) in [6.07, 6.45) is 3.68. The minimum atomic E-state index is 0.423. The SMILES string of the molecule is Cc1nnc(NC2CCCCNC2)nc1C. The summed E-state index contributed by atoms with van der Waals surface area (Å²) in [6.45, 7) is 5.98. The Morgan fingerprint density at radius 2 is 2.06 bits per heavy atom. The molecule has 16 heavy (non-hydrogen) atoms. The van der Waals surface area contributed by atoms with Crippen molar-refractivity contribution in [1.82, 2.24) is 20.5 Å². The van der Waals surface area contributed by atoms with Gasteiger partial charge in [0.2, 0.25) is 5.95 Å². The summed E-state index contributed by atoms with van der Waals surface area (Å²) in [7, 11) is 0. The first-order chi connectivity index (χ1) is 7.75. The summed E-state index contributed by atoms with van der Waals surface area (Å²) in [4.78, 5) is 4.38. The highest BCUT2D eigenvalue weighted by Gasteiger charge is 2.13. The van der Waals surface area contributed by atoms with Gasteiger partial charge in [-0.1, -0.05) is 6.42 Å². The second-order valence-electron chi connectivity index (χ2n) is 4.35. The number of aryl methyl sites for hydroxylation is 2. The van der Waals surface area contributed by atoms with Gasteiger partial charge in [-0.2, -0.15) is 5.10 Å². The zero-order valence-electron chi connectivity index (χ0n) is 9.95. The van der Waals surface area contributed by atoms with Crippen LogP contribution in [0.3, 0.4) is 0 Å². The molecule has 1 aliphatic heterocycles. The fraction of sp³-hybridized carbons (Fsp3) is 0.727. The van der Waals surface area contributed by atoms with E-state index in [0.717, 1.165) is 24.5 Å². The summed E-state index contributed by atoms with van der Waals surface area (Å²) in [6, 6.07) is 0.423. The standard InChI is InChI=1S/C11H19N5/c1-8-9(2)15-16-11(13-8)14-10-5-3-4-6-12-7-10/h10,12H,3-7H2,1-2H3,(H,13,14,16). The van der Waals surface area contributed by atoms with Crippen LogP contribution in [0.4, 0.5) is 5.95 Å². The zero-order chi connectivity index (χ0) is 11.4. The second kappa shape index (κ2) is 5.21. The molecule has 5 nitrogen and oxygen atoms in total. The largest absolute Gasteiger partial charge is 0.349 e. The van der Waals surface area contributed by atoms with Crippen LogP contribution >= 0.6 is 0 Å². The van der Waals surface area contributed by atoms with Gasteiger partial charge in [0, 0.05) is 12.6 Å². The lowest BCUT2D eigenvalue weighted by molar-refractivity contribution is 0.627. The molecule has 2 heterocycles. The third-order valence-corrected chi connectivity index (χ3v) is 2.97. The molecule has 1 aromatic rings. The predicted molar refractivity (Wildman–Crippen MR) is 63.4 cm³/mol. The molecule has 1 unspecified atom stereocenters. The zero-order valence-corrected chi connectivity index (χ0v) is 9.95. The van der Waals surface area contributed by atoms with Crippen LogP contribution in [-0.4, -0.2) is 34.3 Å². The molecule has 1 aliphatic rings. The molecule has 1 aromatic heterocycles. The van der Waals surface area contributed by atoms with E-state index in [9.17, 15) is 0 Å². The van der Waals surface area contributed by atoms with Gasteiger partial charge in [0.1, 0.15) is 0 Å². The summed E-state index contributed by atoms with van der Waals surface area (Å²) in [5.41, 5.74) is 1.84. The van der Waals surface area contributed by atoms with Crippen LogP contribution in [0, 0.1) is 13.8 Å². The number of anilines is 1. The molecular weight excluding hydrogens is 202 g/mol. The number of rotatable bonds is 2. The monoisotopic (exact) mass is 221 g/mol. The number of hydrogen-bond acceptors (Lipinski definition) is 5. The summed E-state index contributed by atoms with van der Waals surface area (Å²) >= 11 is 0. The predicted octanol–water partition coefficient (Wildman–Crippen LogP) is 1.04. The van der Waals surface area contributed by atoms with Gasteiger partial charge in [-0.05, 0) is 33.2 Å². The van der Waals surface area contributed by atoms with E-state index in [-0.39, 0.29) is 0 Å². The third-order valence-electron chi connectivity index (χ3n) is 2.97. The molecule has 0 saturated carbocycles. The number of hydrogen-bond donors (Lipinski definition) is 2. The average molecular weight is 221 g/mol. The molecule has 0 bridgehead atoms. The maximum absolute atomic E-state index is 4.38. The Morgan fingerprint density at radius 1 is 1.19 bits per heavy atom. The molecule has 5 heteroatoms. The fourth-order valence-electron chi connectivity index (χ4n) is 1.84. The van der Waals surface area contributed by atoms with E-state index < -0.39 is 0 Å². The summed E-state index contributed by atoms with van der Waals surface area (Å²) in [5.74, 6) is 0.650. The van der Waals surface area contributed by atoms with Crippen molar-refractivity contribution in [2.24, 2.45) is 0 Å². The maximum atomic E-state index is 4.38. The number of aromatic nitrogens is 3. The van der Waals surface area contributed by atoms with Crippen LogP contribution < -0.4 is 10.6 Å². The normalized spacial score (nSPS) is 21.5. The minimum Gasteiger partial charge on any atom is -0.349 e. The van der Waals surface area contributed by atoms with Crippen molar-refractivity contribution >= 4 is 5.95 Å². The molecule has 1 atom stereocenters. The molecular formula is C11H19N5. The Labute approximate surface area is 96.1 Å². The van der Waals surface area contributed by atoms with Crippen molar-refractivity contribution < 1.29 is 0 Å². The lowest BCUT2D eigenvalue weighted by atomic mass is 10.1. The van der Waals surface area contributed by atoms with Crippen molar-refractivity contribution in [3.63, 3.8) is 0 Å². The Kier molecular flexibility index (Phi) is 3.66. The molecule has 2 rings (SSSR count). The van der Waals surface area contributed by atoms with E-state index in [1.807, 2.05) is 13.8 Å². The molecule has 0 amide bonds. The van der Waals surface area contributed by atoms with Gasteiger partial charge in [0.25, 0.3) is 0 Å². The fourth-order valence-corrected chi connectivity index (χ4v) is 1.84. The van der Waals surface area contributed by atoms with Gasteiger partial charge in [0.05, 0.1) is 11.4 Å². The van der Waals surface area contributed by atoms with Crippen LogP contribution in [0.25, 0.3) is 0 Å². The molecule has 1 fully saturated rings. The first-order valence-electron chi connectivity index (χ1n) is 5.91. The molecule has 88 valence electrons. The first kappa shape index (κ1) is 11.3. The topological polar surface area (TPSA) is 62.7 Å². The van der Waals surface area contributed by atoms with Crippen LogP contribution in [0.15, 0.2) is 0 Å². The molecule has 0 spiro atoms. The van der Waals surface area contributed by atoms with Crippen molar-refractivity contribution in [3.8, 4) is 0 Å². The van der Waals surface area contributed by atoms with Crippen molar-refractivity contribution in [3.05, 3.63) is 11.4 Å². The van der Waals surface area contributed by atoms with Gasteiger partial charge in [-0.3, -0.25) is 0 Å². The van der Waals surface area contributed by atoms with Gasteiger partial charge >= 0.3 is 0 Å². The lowest BCUT2D eigenvalue weighted by Crippen LogP contribution is -2.31. The molecule has 0 aliphatic carbocycles. The van der Waals surface area contributed by atoms with Crippen LogP contribution in [0.2, 0.25) is 0 Å². The van der Waals surface area contributed by atoms with Gasteiger partial charge in [-0.25, -0.2) is 4.98 Å². The Morgan fingerprint density at radius 3 is 2.88 bits per heavy atom. The van der Waals surface area contributed by atoms with E-state index in [2.05, 4.69) is 25.8 Å². The van der Waals surface area contributed by atoms with Crippen LogP contribution in [0.1, 0.15) is 30.7 Å². The quantitative estimate of drug-likeness (QED) is 0.781. The van der Waals surface area contributed by atoms with Gasteiger partial charge in [0.15, 0.2) is 0 Å². The van der Waals surface area contributed by atoms with Crippen molar-refractivity contribution in [2.75, 3.05) is 18.4 Å². The highest BCUT2D eigenvalue weighted by Crippen LogP contribution is 2.09. The Bertz CT molecular complexity index is 344. The van der Waals surface area contributed by atoms with E-state index in [1.54, 1.807) is 0 Å². The molecule has 1 saturated heterocycles.